The van der Waals surface area contributed by atoms with E-state index in [1.165, 1.54) is 0 Å². The normalized spacial score (nSPS) is 16.4. The van der Waals surface area contributed by atoms with E-state index in [9.17, 15) is 0 Å². The Labute approximate surface area is 163 Å². The summed E-state index contributed by atoms with van der Waals surface area (Å²) in [5.74, 6) is 0. The van der Waals surface area contributed by atoms with E-state index in [-0.39, 0.29) is 17.1 Å². The second-order valence-electron chi connectivity index (χ2n) is 7.94. The van der Waals surface area contributed by atoms with Crippen molar-refractivity contribution in [2.45, 2.75) is 39.3 Å². The predicted octanol–water partition coefficient (Wildman–Crippen LogP) is 3.94. The molecule has 0 atom stereocenters. The van der Waals surface area contributed by atoms with Crippen molar-refractivity contribution in [1.82, 2.24) is 19.6 Å². The third kappa shape index (κ3) is 16.5. The molecule has 0 unspecified atom stereocenters. The molecule has 24 heavy (non-hydrogen) atoms. The molecule has 0 radical (unpaired) electrons. The third-order valence-corrected chi connectivity index (χ3v) is 7.84. The van der Waals surface area contributed by atoms with Gasteiger partial charge in [-0.3, -0.25) is 0 Å². The van der Waals surface area contributed by atoms with Crippen LogP contribution < -0.4 is 0 Å². The number of hydrogen-bond donors (Lipinski definition) is 0. The molecule has 2 aliphatic heterocycles. The van der Waals surface area contributed by atoms with Gasteiger partial charge < -0.3 is 24.2 Å². The van der Waals surface area contributed by atoms with E-state index < -0.39 is 16.5 Å². The van der Waals surface area contributed by atoms with Gasteiger partial charge in [0.1, 0.15) is 0 Å². The summed E-state index contributed by atoms with van der Waals surface area (Å²) < 4.78 is 4.82. The van der Waals surface area contributed by atoms with Gasteiger partial charge in [0.2, 0.25) is 0 Å². The SMILES string of the molecule is CN1C=CN(C)[CH-]1.CN1C=CN(C)[CH-]1.C[Si](C)(C)[N-][Si](C)(C)C.[Mn+3]. The van der Waals surface area contributed by atoms with Gasteiger partial charge >= 0.3 is 17.1 Å². The molecule has 8 heteroatoms. The molecule has 0 spiro atoms. The molecular formula is C16H36MnN5Si2. The Hall–Kier alpha value is -0.407. The molecule has 0 aromatic rings. The van der Waals surface area contributed by atoms with Crippen LogP contribution in [0.25, 0.3) is 4.65 Å². The van der Waals surface area contributed by atoms with Crippen molar-refractivity contribution >= 4 is 16.5 Å². The zero-order valence-electron chi connectivity index (χ0n) is 17.1. The average Bonchev–Trinajstić information content (AvgIpc) is 2.84. The summed E-state index contributed by atoms with van der Waals surface area (Å²) in [6.07, 6.45) is 8.00. The first-order valence-corrected chi connectivity index (χ1v) is 14.9. The number of nitrogens with zero attached hydrogens (tertiary/aromatic N) is 5. The van der Waals surface area contributed by atoms with E-state index in [1.807, 2.05) is 85.9 Å². The Morgan fingerprint density at radius 3 is 0.833 bits per heavy atom. The van der Waals surface area contributed by atoms with Gasteiger partial charge in [-0.05, 0) is 53.0 Å². The van der Waals surface area contributed by atoms with Gasteiger partial charge in [-0.1, -0.05) is 55.8 Å². The van der Waals surface area contributed by atoms with Gasteiger partial charge in [0.25, 0.3) is 0 Å². The molecule has 0 saturated heterocycles. The van der Waals surface area contributed by atoms with Gasteiger partial charge in [-0.25, -0.2) is 0 Å². The quantitative estimate of drug-likeness (QED) is 0.510. The maximum Gasteiger partial charge on any atom is 3.00 e. The fourth-order valence-electron chi connectivity index (χ4n) is 2.16. The van der Waals surface area contributed by atoms with Crippen molar-refractivity contribution < 1.29 is 17.1 Å². The van der Waals surface area contributed by atoms with Crippen LogP contribution in [0.3, 0.4) is 0 Å². The Kier molecular flexibility index (Phi) is 12.1. The van der Waals surface area contributed by atoms with Gasteiger partial charge in [0, 0.05) is 0 Å². The van der Waals surface area contributed by atoms with Crippen molar-refractivity contribution in [3.05, 3.63) is 42.8 Å². The fraction of sp³-hybridized carbons (Fsp3) is 0.625. The molecular weight excluding hydrogens is 373 g/mol. The van der Waals surface area contributed by atoms with E-state index in [0.29, 0.717) is 0 Å². The average molecular weight is 410 g/mol. The second-order valence-corrected chi connectivity index (χ2v) is 17.5. The smallest absolute Gasteiger partial charge is 0.668 e. The Bertz CT molecular complexity index is 335. The Morgan fingerprint density at radius 2 is 0.792 bits per heavy atom. The molecule has 2 rings (SSSR count). The summed E-state index contributed by atoms with van der Waals surface area (Å²) >= 11 is 0. The Morgan fingerprint density at radius 1 is 0.583 bits per heavy atom. The first-order valence-electron chi connectivity index (χ1n) is 7.97. The van der Waals surface area contributed by atoms with Crippen molar-refractivity contribution in [1.29, 1.82) is 0 Å². The summed E-state index contributed by atoms with van der Waals surface area (Å²) in [7, 11) is 5.79. The Balaban J connectivity index is 0. The molecule has 0 amide bonds. The van der Waals surface area contributed by atoms with E-state index in [4.69, 9.17) is 4.65 Å². The first-order chi connectivity index (χ1) is 10.3. The maximum atomic E-state index is 4.82. The van der Waals surface area contributed by atoms with Crippen molar-refractivity contribution in [3.63, 3.8) is 0 Å². The maximum absolute atomic E-state index is 4.82. The van der Waals surface area contributed by atoms with E-state index in [2.05, 4.69) is 39.3 Å². The standard InChI is InChI=1S/C6H18NSi2.2C5H9N2.Mn/c1-8(2,3)7-9(4,5)6;2*1-6-3-4-7(2)5-6;/h1-6H3;2*3-5H,1-2H3;/q3*-1;+3. The van der Waals surface area contributed by atoms with Crippen LogP contribution in [0, 0.1) is 13.3 Å². The third-order valence-electron chi connectivity index (χ3n) is 2.47. The predicted molar refractivity (Wildman–Crippen MR) is 108 cm³/mol. The molecule has 0 bridgehead atoms. The van der Waals surface area contributed by atoms with Gasteiger partial charge in [0.05, 0.1) is 0 Å². The molecule has 0 aromatic heterocycles. The van der Waals surface area contributed by atoms with Crippen LogP contribution in [0.4, 0.5) is 0 Å². The number of rotatable bonds is 2. The molecule has 0 aliphatic carbocycles. The summed E-state index contributed by atoms with van der Waals surface area (Å²) in [6, 6.07) is 0. The van der Waals surface area contributed by atoms with Crippen LogP contribution in [0.15, 0.2) is 24.8 Å². The van der Waals surface area contributed by atoms with Crippen LogP contribution in [-0.2, 0) is 17.1 Å². The van der Waals surface area contributed by atoms with Crippen molar-refractivity contribution in [2.75, 3.05) is 28.2 Å². The van der Waals surface area contributed by atoms with Crippen molar-refractivity contribution in [2.24, 2.45) is 0 Å². The van der Waals surface area contributed by atoms with E-state index >= 15 is 0 Å². The van der Waals surface area contributed by atoms with Gasteiger partial charge in [-0.15, -0.1) is 0 Å². The second kappa shape index (κ2) is 11.3. The summed E-state index contributed by atoms with van der Waals surface area (Å²) in [6.45, 7) is 17.8. The van der Waals surface area contributed by atoms with Gasteiger partial charge in [0.15, 0.2) is 0 Å². The van der Waals surface area contributed by atoms with Crippen molar-refractivity contribution in [3.8, 4) is 0 Å². The summed E-state index contributed by atoms with van der Waals surface area (Å²) in [4.78, 5) is 8.00. The van der Waals surface area contributed by atoms with E-state index in [0.717, 1.165) is 0 Å². The summed E-state index contributed by atoms with van der Waals surface area (Å²) in [5, 5.41) is 0. The van der Waals surface area contributed by atoms with Crippen LogP contribution in [0.5, 0.6) is 0 Å². The number of hydrogen-bond acceptors (Lipinski definition) is 4. The van der Waals surface area contributed by atoms with Gasteiger partial charge in [-0.2, -0.15) is 13.3 Å². The molecule has 140 valence electrons. The largest absolute Gasteiger partial charge is 3.00 e. The zero-order valence-corrected chi connectivity index (χ0v) is 20.3. The summed E-state index contributed by atoms with van der Waals surface area (Å²) in [5.41, 5.74) is 0. The minimum absolute atomic E-state index is 0. The molecule has 0 N–H and O–H groups in total. The van der Waals surface area contributed by atoms with E-state index in [1.54, 1.807) is 0 Å². The minimum atomic E-state index is -1.11. The topological polar surface area (TPSA) is 27.1 Å². The molecule has 5 nitrogen and oxygen atoms in total. The zero-order chi connectivity index (χ0) is 18.3. The molecule has 0 aromatic carbocycles. The molecule has 2 heterocycles. The van der Waals surface area contributed by atoms with Crippen LogP contribution >= 0.6 is 0 Å². The monoisotopic (exact) mass is 409 g/mol. The van der Waals surface area contributed by atoms with Crippen LogP contribution in [0.2, 0.25) is 39.3 Å². The first kappa shape index (κ1) is 25.8. The minimum Gasteiger partial charge on any atom is -0.668 e. The van der Waals surface area contributed by atoms with Crippen LogP contribution in [0.1, 0.15) is 0 Å². The molecule has 0 saturated carbocycles. The molecule has 2 aliphatic rings. The molecule has 0 fully saturated rings. The van der Waals surface area contributed by atoms with Crippen LogP contribution in [-0.4, -0.2) is 64.3 Å². The fourth-order valence-corrected chi connectivity index (χ4v) is 10.2.